The smallest absolute Gasteiger partial charge is 0.248 e. The van der Waals surface area contributed by atoms with E-state index in [1.54, 1.807) is 23.3 Å². The zero-order chi connectivity index (χ0) is 13.0. The van der Waals surface area contributed by atoms with Gasteiger partial charge in [-0.05, 0) is 22.4 Å². The van der Waals surface area contributed by atoms with E-state index in [0.29, 0.717) is 19.5 Å². The fraction of sp³-hybridized carbons (Fsp3) is 0.500. The van der Waals surface area contributed by atoms with Crippen molar-refractivity contribution in [2.75, 3.05) is 26.7 Å². The molecule has 0 aliphatic carbocycles. The molecule has 1 aromatic rings. The number of amides is 2. The Morgan fingerprint density at radius 2 is 2.50 bits per heavy atom. The van der Waals surface area contributed by atoms with Gasteiger partial charge in [-0.15, -0.1) is 0 Å². The molecule has 2 amide bonds. The van der Waals surface area contributed by atoms with Crippen molar-refractivity contribution < 1.29 is 14.3 Å². The molecule has 1 fully saturated rings. The summed E-state index contributed by atoms with van der Waals surface area (Å²) in [6.07, 6.45) is 0.282. The molecule has 2 rings (SSSR count). The van der Waals surface area contributed by atoms with Crippen molar-refractivity contribution in [1.29, 1.82) is 0 Å². The minimum atomic E-state index is -0.112. The monoisotopic (exact) mass is 268 g/mol. The molecule has 5 nitrogen and oxygen atoms in total. The maximum atomic E-state index is 11.7. The average molecular weight is 268 g/mol. The van der Waals surface area contributed by atoms with Crippen molar-refractivity contribution in [2.24, 2.45) is 0 Å². The fourth-order valence-corrected chi connectivity index (χ4v) is 2.42. The van der Waals surface area contributed by atoms with Crippen LogP contribution in [0.4, 0.5) is 0 Å². The molecule has 0 spiro atoms. The Morgan fingerprint density at radius 1 is 1.67 bits per heavy atom. The number of likely N-dealkylation sites (N-methyl/N-ethyl adjacent to an activating group) is 1. The highest BCUT2D eigenvalue weighted by Gasteiger charge is 2.23. The molecule has 1 aliphatic rings. The number of ether oxygens (including phenoxy) is 1. The number of nitrogens with zero attached hydrogens (tertiary/aromatic N) is 1. The van der Waals surface area contributed by atoms with Crippen LogP contribution < -0.4 is 5.32 Å². The summed E-state index contributed by atoms with van der Waals surface area (Å²) >= 11 is 1.58. The van der Waals surface area contributed by atoms with Crippen LogP contribution in [-0.4, -0.2) is 49.6 Å². The summed E-state index contributed by atoms with van der Waals surface area (Å²) in [5, 5.41) is 6.74. The SMILES string of the molecule is CN1CC(CNC(=O)Cc2ccsc2)OCC1=O. The summed E-state index contributed by atoms with van der Waals surface area (Å²) in [5.74, 6) is -0.0348. The Labute approximate surface area is 110 Å². The van der Waals surface area contributed by atoms with Gasteiger partial charge in [0.15, 0.2) is 0 Å². The first kappa shape index (κ1) is 13.0. The van der Waals surface area contributed by atoms with Crippen molar-refractivity contribution in [3.8, 4) is 0 Å². The van der Waals surface area contributed by atoms with Gasteiger partial charge in [-0.25, -0.2) is 0 Å². The van der Waals surface area contributed by atoms with Gasteiger partial charge in [0.1, 0.15) is 6.61 Å². The molecule has 1 unspecified atom stereocenters. The Morgan fingerprint density at radius 3 is 3.17 bits per heavy atom. The summed E-state index contributed by atoms with van der Waals surface area (Å²) in [4.78, 5) is 24.5. The Kier molecular flexibility index (Phi) is 4.33. The number of hydrogen-bond acceptors (Lipinski definition) is 4. The van der Waals surface area contributed by atoms with Crippen molar-refractivity contribution in [3.05, 3.63) is 22.4 Å². The van der Waals surface area contributed by atoms with E-state index in [-0.39, 0.29) is 24.5 Å². The maximum absolute atomic E-state index is 11.7. The van der Waals surface area contributed by atoms with Crippen LogP contribution in [0.5, 0.6) is 0 Å². The first-order valence-electron chi connectivity index (χ1n) is 5.78. The van der Waals surface area contributed by atoms with Crippen LogP contribution in [0, 0.1) is 0 Å². The van der Waals surface area contributed by atoms with Crippen LogP contribution >= 0.6 is 11.3 Å². The van der Waals surface area contributed by atoms with E-state index in [2.05, 4.69) is 5.32 Å². The van der Waals surface area contributed by atoms with Crippen molar-refractivity contribution in [2.45, 2.75) is 12.5 Å². The van der Waals surface area contributed by atoms with E-state index in [4.69, 9.17) is 4.74 Å². The quantitative estimate of drug-likeness (QED) is 0.852. The molecule has 0 bridgehead atoms. The van der Waals surface area contributed by atoms with Gasteiger partial charge in [0.2, 0.25) is 11.8 Å². The van der Waals surface area contributed by atoms with Gasteiger partial charge in [0.25, 0.3) is 0 Å². The molecule has 1 saturated heterocycles. The Balaban J connectivity index is 1.71. The summed E-state index contributed by atoms with van der Waals surface area (Å²) in [5.41, 5.74) is 1.02. The Bertz CT molecular complexity index is 419. The number of thiophene rings is 1. The Hall–Kier alpha value is -1.40. The number of carbonyl (C=O) groups is 2. The topological polar surface area (TPSA) is 58.6 Å². The lowest BCUT2D eigenvalue weighted by Crippen LogP contribution is -2.48. The third kappa shape index (κ3) is 3.54. The molecular formula is C12H16N2O3S. The molecule has 1 N–H and O–H groups in total. The van der Waals surface area contributed by atoms with Crippen LogP contribution in [0.3, 0.4) is 0 Å². The molecule has 2 heterocycles. The van der Waals surface area contributed by atoms with Gasteiger partial charge in [0, 0.05) is 20.1 Å². The summed E-state index contributed by atoms with van der Waals surface area (Å²) in [7, 11) is 1.74. The highest BCUT2D eigenvalue weighted by Crippen LogP contribution is 2.07. The predicted molar refractivity (Wildman–Crippen MR) is 68.4 cm³/mol. The largest absolute Gasteiger partial charge is 0.365 e. The maximum Gasteiger partial charge on any atom is 0.248 e. The van der Waals surface area contributed by atoms with Crippen molar-refractivity contribution in [1.82, 2.24) is 10.2 Å². The average Bonchev–Trinajstić information content (AvgIpc) is 2.83. The first-order chi connectivity index (χ1) is 8.65. The normalized spacial score (nSPS) is 19.9. The molecule has 0 saturated carbocycles. The van der Waals surface area contributed by atoms with E-state index in [1.807, 2.05) is 16.8 Å². The van der Waals surface area contributed by atoms with E-state index in [0.717, 1.165) is 5.56 Å². The highest BCUT2D eigenvalue weighted by atomic mass is 32.1. The number of carbonyl (C=O) groups excluding carboxylic acids is 2. The molecule has 1 aromatic heterocycles. The number of morpholine rings is 1. The second-order valence-electron chi connectivity index (χ2n) is 4.32. The van der Waals surface area contributed by atoms with Crippen LogP contribution in [0.1, 0.15) is 5.56 Å². The van der Waals surface area contributed by atoms with E-state index < -0.39 is 0 Å². The van der Waals surface area contributed by atoms with E-state index >= 15 is 0 Å². The fourth-order valence-electron chi connectivity index (χ4n) is 1.75. The van der Waals surface area contributed by atoms with Crippen LogP contribution in [0.15, 0.2) is 16.8 Å². The third-order valence-electron chi connectivity index (χ3n) is 2.82. The van der Waals surface area contributed by atoms with Crippen LogP contribution in [-0.2, 0) is 20.7 Å². The van der Waals surface area contributed by atoms with E-state index in [9.17, 15) is 9.59 Å². The summed E-state index contributed by atoms with van der Waals surface area (Å²) < 4.78 is 5.34. The minimum absolute atomic E-state index is 0.0171. The molecule has 1 aliphatic heterocycles. The lowest BCUT2D eigenvalue weighted by Gasteiger charge is -2.29. The molecule has 98 valence electrons. The van der Waals surface area contributed by atoms with Gasteiger partial charge in [-0.1, -0.05) is 0 Å². The van der Waals surface area contributed by atoms with Gasteiger partial charge < -0.3 is 15.0 Å². The molecule has 6 heteroatoms. The van der Waals surface area contributed by atoms with Crippen molar-refractivity contribution >= 4 is 23.2 Å². The molecule has 1 atom stereocenters. The minimum Gasteiger partial charge on any atom is -0.365 e. The van der Waals surface area contributed by atoms with Crippen molar-refractivity contribution in [3.63, 3.8) is 0 Å². The lowest BCUT2D eigenvalue weighted by molar-refractivity contribution is -0.146. The predicted octanol–water partition coefficient (Wildman–Crippen LogP) is 0.264. The van der Waals surface area contributed by atoms with Crippen LogP contribution in [0.25, 0.3) is 0 Å². The third-order valence-corrected chi connectivity index (χ3v) is 3.55. The molecular weight excluding hydrogens is 252 g/mol. The number of hydrogen-bond donors (Lipinski definition) is 1. The van der Waals surface area contributed by atoms with Gasteiger partial charge >= 0.3 is 0 Å². The zero-order valence-electron chi connectivity index (χ0n) is 10.2. The second kappa shape index (κ2) is 5.97. The zero-order valence-corrected chi connectivity index (χ0v) is 11.0. The number of nitrogens with one attached hydrogen (secondary N) is 1. The molecule has 18 heavy (non-hydrogen) atoms. The highest BCUT2D eigenvalue weighted by molar-refractivity contribution is 7.07. The standard InChI is InChI=1S/C12H16N2O3S/c1-14-6-10(17-7-12(14)16)5-13-11(15)4-9-2-3-18-8-9/h2-3,8,10H,4-7H2,1H3,(H,13,15). The first-order valence-corrected chi connectivity index (χ1v) is 6.73. The lowest BCUT2D eigenvalue weighted by atomic mass is 10.2. The van der Waals surface area contributed by atoms with E-state index in [1.165, 1.54) is 0 Å². The summed E-state index contributed by atoms with van der Waals surface area (Å²) in [6, 6.07) is 1.94. The van der Waals surface area contributed by atoms with Gasteiger partial charge in [-0.2, -0.15) is 11.3 Å². The summed E-state index contributed by atoms with van der Waals surface area (Å²) in [6.45, 7) is 1.07. The number of rotatable bonds is 4. The second-order valence-corrected chi connectivity index (χ2v) is 5.10. The van der Waals surface area contributed by atoms with Gasteiger partial charge in [0.05, 0.1) is 12.5 Å². The molecule has 0 aromatic carbocycles. The van der Waals surface area contributed by atoms with Gasteiger partial charge in [-0.3, -0.25) is 9.59 Å². The molecule has 0 radical (unpaired) electrons. The van der Waals surface area contributed by atoms with Crippen LogP contribution in [0.2, 0.25) is 0 Å².